The van der Waals surface area contributed by atoms with Crippen molar-refractivity contribution in [2.45, 2.75) is 13.5 Å². The molecule has 2 rings (SSSR count). The number of hydrogen-bond acceptors (Lipinski definition) is 3. The van der Waals surface area contributed by atoms with Gasteiger partial charge in [-0.15, -0.1) is 0 Å². The molecule has 0 aliphatic rings. The third kappa shape index (κ3) is 2.27. The van der Waals surface area contributed by atoms with Crippen LogP contribution in [0.5, 0.6) is 0 Å². The summed E-state index contributed by atoms with van der Waals surface area (Å²) in [5.41, 5.74) is 1.68. The van der Waals surface area contributed by atoms with Crippen LogP contribution in [0.3, 0.4) is 0 Å². The van der Waals surface area contributed by atoms with Crippen molar-refractivity contribution in [1.82, 2.24) is 9.55 Å². The van der Waals surface area contributed by atoms with Crippen LogP contribution in [0.1, 0.15) is 23.1 Å². The van der Waals surface area contributed by atoms with Crippen molar-refractivity contribution in [3.05, 3.63) is 48.0 Å². The van der Waals surface area contributed by atoms with E-state index in [0.717, 1.165) is 12.2 Å². The monoisotopic (exact) mass is 243 g/mol. The summed E-state index contributed by atoms with van der Waals surface area (Å²) in [4.78, 5) is 18.5. The van der Waals surface area contributed by atoms with Crippen LogP contribution < -0.4 is 4.90 Å². The molecular formula is C14H17N3O. The van der Waals surface area contributed by atoms with Crippen LogP contribution in [0.2, 0.25) is 0 Å². The Hall–Kier alpha value is -2.10. The number of aromatic nitrogens is 2. The minimum atomic E-state index is -0.0365. The highest BCUT2D eigenvalue weighted by molar-refractivity contribution is 6.07. The normalized spacial score (nSPS) is 10.4. The van der Waals surface area contributed by atoms with Gasteiger partial charge < -0.3 is 9.47 Å². The molecule has 0 fully saturated rings. The number of benzene rings is 1. The molecule has 4 heteroatoms. The summed E-state index contributed by atoms with van der Waals surface area (Å²) in [5, 5.41) is 0. The van der Waals surface area contributed by atoms with E-state index in [0.29, 0.717) is 11.4 Å². The number of anilines is 1. The minimum Gasteiger partial charge on any atom is -0.378 e. The number of ketones is 1. The molecule has 4 nitrogen and oxygen atoms in total. The third-order valence-corrected chi connectivity index (χ3v) is 2.88. The fraction of sp³-hybridized carbons (Fsp3) is 0.286. The van der Waals surface area contributed by atoms with Gasteiger partial charge in [0.25, 0.3) is 0 Å². The molecule has 1 heterocycles. The SMILES string of the molecule is CCn1ccnc1C(=O)c1cccc(N(C)C)c1. The highest BCUT2D eigenvalue weighted by Gasteiger charge is 2.14. The summed E-state index contributed by atoms with van der Waals surface area (Å²) in [6, 6.07) is 7.58. The van der Waals surface area contributed by atoms with Crippen molar-refractivity contribution < 1.29 is 4.79 Å². The standard InChI is InChI=1S/C14H17N3O/c1-4-17-9-8-15-14(17)13(18)11-6-5-7-12(10-11)16(2)3/h5-10H,4H2,1-3H3. The highest BCUT2D eigenvalue weighted by Crippen LogP contribution is 2.16. The Kier molecular flexibility index (Phi) is 3.46. The zero-order valence-electron chi connectivity index (χ0n) is 10.9. The van der Waals surface area contributed by atoms with Crippen molar-refractivity contribution in [2.24, 2.45) is 0 Å². The molecule has 0 saturated carbocycles. The lowest BCUT2D eigenvalue weighted by atomic mass is 10.1. The molecule has 0 aliphatic carbocycles. The fourth-order valence-electron chi connectivity index (χ4n) is 1.83. The average molecular weight is 243 g/mol. The molecule has 0 aliphatic heterocycles. The lowest BCUT2D eigenvalue weighted by molar-refractivity contribution is 0.102. The van der Waals surface area contributed by atoms with Crippen molar-refractivity contribution >= 4 is 11.5 Å². The predicted octanol–water partition coefficient (Wildman–Crippen LogP) is 2.20. The summed E-state index contributed by atoms with van der Waals surface area (Å²) in [7, 11) is 3.91. The van der Waals surface area contributed by atoms with Gasteiger partial charge in [-0.25, -0.2) is 4.98 Å². The van der Waals surface area contributed by atoms with E-state index in [9.17, 15) is 4.79 Å². The van der Waals surface area contributed by atoms with Crippen LogP contribution in [-0.2, 0) is 6.54 Å². The first-order chi connectivity index (χ1) is 8.63. The maximum absolute atomic E-state index is 12.4. The second-order valence-electron chi connectivity index (χ2n) is 4.31. The Morgan fingerprint density at radius 3 is 2.83 bits per heavy atom. The quantitative estimate of drug-likeness (QED) is 0.773. The molecule has 18 heavy (non-hydrogen) atoms. The van der Waals surface area contributed by atoms with Crippen LogP contribution >= 0.6 is 0 Å². The first-order valence-corrected chi connectivity index (χ1v) is 5.96. The largest absolute Gasteiger partial charge is 0.378 e. The van der Waals surface area contributed by atoms with Gasteiger partial charge >= 0.3 is 0 Å². The number of imidazole rings is 1. The first-order valence-electron chi connectivity index (χ1n) is 5.96. The van der Waals surface area contributed by atoms with Gasteiger partial charge in [0, 0.05) is 44.3 Å². The van der Waals surface area contributed by atoms with Gasteiger partial charge in [-0.2, -0.15) is 0 Å². The van der Waals surface area contributed by atoms with Crippen LogP contribution in [0.4, 0.5) is 5.69 Å². The maximum Gasteiger partial charge on any atom is 0.228 e. The fourth-order valence-corrected chi connectivity index (χ4v) is 1.83. The summed E-state index contributed by atoms with van der Waals surface area (Å²) in [6.45, 7) is 2.74. The number of rotatable bonds is 4. The zero-order chi connectivity index (χ0) is 13.1. The topological polar surface area (TPSA) is 38.1 Å². The number of aryl methyl sites for hydroxylation is 1. The van der Waals surface area contributed by atoms with E-state index >= 15 is 0 Å². The van der Waals surface area contributed by atoms with Gasteiger partial charge in [0.1, 0.15) is 0 Å². The molecule has 0 unspecified atom stereocenters. The van der Waals surface area contributed by atoms with Crippen LogP contribution in [0.25, 0.3) is 0 Å². The van der Waals surface area contributed by atoms with Gasteiger partial charge in [0.2, 0.25) is 5.78 Å². The summed E-state index contributed by atoms with van der Waals surface area (Å²) in [6.07, 6.45) is 3.48. The number of hydrogen-bond donors (Lipinski definition) is 0. The second-order valence-corrected chi connectivity index (χ2v) is 4.31. The Morgan fingerprint density at radius 2 is 2.17 bits per heavy atom. The van der Waals surface area contributed by atoms with E-state index in [1.165, 1.54) is 0 Å². The molecule has 94 valence electrons. The van der Waals surface area contributed by atoms with Crippen LogP contribution in [-0.4, -0.2) is 29.4 Å². The molecule has 1 aromatic carbocycles. The second kappa shape index (κ2) is 5.04. The lowest BCUT2D eigenvalue weighted by Gasteiger charge is -2.13. The van der Waals surface area contributed by atoms with Crippen molar-refractivity contribution in [3.63, 3.8) is 0 Å². The average Bonchev–Trinajstić information content (AvgIpc) is 2.86. The first kappa shape index (κ1) is 12.4. The lowest BCUT2D eigenvalue weighted by Crippen LogP contribution is -2.13. The van der Waals surface area contributed by atoms with Crippen LogP contribution in [0, 0.1) is 0 Å². The molecule has 0 N–H and O–H groups in total. The molecule has 0 saturated heterocycles. The predicted molar refractivity (Wildman–Crippen MR) is 72.1 cm³/mol. The Bertz CT molecular complexity index is 558. The summed E-state index contributed by atoms with van der Waals surface area (Å²) >= 11 is 0. The number of nitrogens with zero attached hydrogens (tertiary/aromatic N) is 3. The van der Waals surface area contributed by atoms with Crippen molar-refractivity contribution in [3.8, 4) is 0 Å². The van der Waals surface area contributed by atoms with Gasteiger partial charge in [-0.05, 0) is 19.1 Å². The van der Waals surface area contributed by atoms with Crippen LogP contribution in [0.15, 0.2) is 36.7 Å². The molecule has 0 atom stereocenters. The Balaban J connectivity index is 2.37. The molecule has 1 aromatic heterocycles. The number of carbonyl (C=O) groups is 1. The molecule has 2 aromatic rings. The van der Waals surface area contributed by atoms with Crippen molar-refractivity contribution in [1.29, 1.82) is 0 Å². The molecule has 0 bridgehead atoms. The minimum absolute atomic E-state index is 0.0365. The molecule has 0 radical (unpaired) electrons. The van der Waals surface area contributed by atoms with E-state index in [1.807, 2.05) is 60.9 Å². The maximum atomic E-state index is 12.4. The molecular weight excluding hydrogens is 226 g/mol. The summed E-state index contributed by atoms with van der Waals surface area (Å²) in [5.74, 6) is 0.457. The Morgan fingerprint density at radius 1 is 1.39 bits per heavy atom. The third-order valence-electron chi connectivity index (χ3n) is 2.88. The molecule has 0 amide bonds. The number of carbonyl (C=O) groups excluding carboxylic acids is 1. The van der Waals surface area contributed by atoms with E-state index in [1.54, 1.807) is 6.20 Å². The van der Waals surface area contributed by atoms with E-state index in [-0.39, 0.29) is 5.78 Å². The van der Waals surface area contributed by atoms with E-state index < -0.39 is 0 Å². The van der Waals surface area contributed by atoms with E-state index in [4.69, 9.17) is 0 Å². The smallest absolute Gasteiger partial charge is 0.228 e. The summed E-state index contributed by atoms with van der Waals surface area (Å²) < 4.78 is 1.85. The van der Waals surface area contributed by atoms with Gasteiger partial charge in [-0.3, -0.25) is 4.79 Å². The zero-order valence-corrected chi connectivity index (χ0v) is 10.9. The van der Waals surface area contributed by atoms with Gasteiger partial charge in [0.15, 0.2) is 5.82 Å². The van der Waals surface area contributed by atoms with Gasteiger partial charge in [0.05, 0.1) is 0 Å². The van der Waals surface area contributed by atoms with Gasteiger partial charge in [-0.1, -0.05) is 12.1 Å². The highest BCUT2D eigenvalue weighted by atomic mass is 16.1. The van der Waals surface area contributed by atoms with E-state index in [2.05, 4.69) is 4.98 Å². The van der Waals surface area contributed by atoms with Crippen molar-refractivity contribution in [2.75, 3.05) is 19.0 Å². The molecule has 0 spiro atoms. The Labute approximate surface area is 107 Å².